The maximum absolute atomic E-state index is 11.3. The zero-order chi connectivity index (χ0) is 17.4. The number of aromatic nitrogens is 1. The highest BCUT2D eigenvalue weighted by atomic mass is 32.2. The molecule has 0 amide bonds. The summed E-state index contributed by atoms with van der Waals surface area (Å²) in [6, 6.07) is 12.1. The molecule has 3 aromatic rings. The van der Waals surface area contributed by atoms with E-state index in [0.29, 0.717) is 17.0 Å². The number of rotatable bonds is 3. The molecular weight excluding hydrogens is 340 g/mol. The molecule has 7 heteroatoms. The van der Waals surface area contributed by atoms with Gasteiger partial charge in [0.2, 0.25) is 5.89 Å². The molecule has 1 N–H and O–H groups in total. The van der Waals surface area contributed by atoms with Gasteiger partial charge in [0.1, 0.15) is 5.52 Å². The largest absolute Gasteiger partial charge is 0.436 e. The first-order valence-corrected chi connectivity index (χ1v) is 9.69. The first-order valence-electron chi connectivity index (χ1n) is 8.25. The second kappa shape index (κ2) is 6.16. The van der Waals surface area contributed by atoms with Gasteiger partial charge < -0.3 is 9.32 Å². The summed E-state index contributed by atoms with van der Waals surface area (Å²) < 4.78 is 37.6. The molecular formula is C18H18N2O4S. The second-order valence-electron chi connectivity index (χ2n) is 6.19. The quantitative estimate of drug-likeness (QED) is 0.718. The van der Waals surface area contributed by atoms with Crippen molar-refractivity contribution in [1.29, 1.82) is 0 Å². The number of hydrogen-bond donors (Lipinski definition) is 1. The fourth-order valence-corrected chi connectivity index (χ4v) is 3.75. The van der Waals surface area contributed by atoms with Crippen LogP contribution < -0.4 is 4.90 Å². The van der Waals surface area contributed by atoms with Crippen molar-refractivity contribution in [3.63, 3.8) is 0 Å². The lowest BCUT2D eigenvalue weighted by Gasteiger charge is -2.30. The van der Waals surface area contributed by atoms with E-state index in [2.05, 4.69) is 16.0 Å². The average Bonchev–Trinajstić information content (AvgIpc) is 3.05. The Bertz CT molecular complexity index is 1020. The molecule has 1 fully saturated rings. The molecule has 2 heterocycles. The molecule has 4 rings (SSSR count). The van der Waals surface area contributed by atoms with Gasteiger partial charge in [-0.1, -0.05) is 12.1 Å². The van der Waals surface area contributed by atoms with Crippen molar-refractivity contribution in [2.24, 2.45) is 0 Å². The Labute approximate surface area is 145 Å². The molecule has 2 aromatic carbocycles. The number of anilines is 1. The molecule has 1 saturated heterocycles. The molecule has 0 atom stereocenters. The Morgan fingerprint density at radius 1 is 1.04 bits per heavy atom. The number of fused-ring (bicyclic) bond motifs is 1. The Morgan fingerprint density at radius 2 is 1.80 bits per heavy atom. The van der Waals surface area contributed by atoms with Gasteiger partial charge >= 0.3 is 0 Å². The minimum absolute atomic E-state index is 0.191. The number of hydrogen-bond acceptors (Lipinski definition) is 5. The molecule has 1 aromatic heterocycles. The Kier molecular flexibility index (Phi) is 3.97. The molecule has 1 aliphatic rings. The Balaban J connectivity index is 1.80. The van der Waals surface area contributed by atoms with Crippen molar-refractivity contribution >= 4 is 26.9 Å². The van der Waals surface area contributed by atoms with Gasteiger partial charge in [0, 0.05) is 18.8 Å². The first-order chi connectivity index (χ1) is 12.0. The van der Waals surface area contributed by atoms with Gasteiger partial charge in [0.05, 0.1) is 10.5 Å². The van der Waals surface area contributed by atoms with E-state index in [0.717, 1.165) is 24.3 Å². The van der Waals surface area contributed by atoms with Crippen LogP contribution in [0.2, 0.25) is 0 Å². The van der Waals surface area contributed by atoms with Crippen LogP contribution in [-0.2, 0) is 10.1 Å². The molecule has 0 aliphatic carbocycles. The van der Waals surface area contributed by atoms with Gasteiger partial charge in [0.25, 0.3) is 10.1 Å². The van der Waals surface area contributed by atoms with Crippen LogP contribution in [0.25, 0.3) is 22.6 Å². The molecule has 6 nitrogen and oxygen atoms in total. The topological polar surface area (TPSA) is 83.6 Å². The highest BCUT2D eigenvalue weighted by Gasteiger charge is 2.19. The smallest absolute Gasteiger partial charge is 0.294 e. The zero-order valence-corrected chi connectivity index (χ0v) is 14.4. The molecule has 0 unspecified atom stereocenters. The fourth-order valence-electron chi connectivity index (χ4n) is 3.25. The number of para-hydroxylation sites is 1. The van der Waals surface area contributed by atoms with Crippen LogP contribution in [0.3, 0.4) is 0 Å². The summed E-state index contributed by atoms with van der Waals surface area (Å²) in [5.41, 5.74) is 2.84. The van der Waals surface area contributed by atoms with E-state index in [4.69, 9.17) is 4.42 Å². The first kappa shape index (κ1) is 16.1. The van der Waals surface area contributed by atoms with Crippen LogP contribution in [0, 0.1) is 0 Å². The van der Waals surface area contributed by atoms with Gasteiger partial charge in [0.15, 0.2) is 5.58 Å². The summed E-state index contributed by atoms with van der Waals surface area (Å²) in [6.45, 7) is 2.01. The summed E-state index contributed by atoms with van der Waals surface area (Å²) in [4.78, 5) is 6.58. The SMILES string of the molecule is O=S(=O)(O)c1ccc2oc(-c3ccccc3N3CCCCC3)nc2c1. The molecule has 0 bridgehead atoms. The molecule has 25 heavy (non-hydrogen) atoms. The zero-order valence-electron chi connectivity index (χ0n) is 13.6. The fraction of sp³-hybridized carbons (Fsp3) is 0.278. The lowest BCUT2D eigenvalue weighted by Crippen LogP contribution is -2.29. The highest BCUT2D eigenvalue weighted by Crippen LogP contribution is 2.34. The Morgan fingerprint density at radius 3 is 2.56 bits per heavy atom. The normalized spacial score (nSPS) is 15.6. The summed E-state index contributed by atoms with van der Waals surface area (Å²) in [7, 11) is -4.26. The summed E-state index contributed by atoms with van der Waals surface area (Å²) >= 11 is 0. The second-order valence-corrected chi connectivity index (χ2v) is 7.61. The predicted octanol–water partition coefficient (Wildman–Crippen LogP) is 3.73. The summed E-state index contributed by atoms with van der Waals surface area (Å²) in [5.74, 6) is 0.448. The third-order valence-electron chi connectivity index (χ3n) is 4.49. The lowest BCUT2D eigenvalue weighted by molar-refractivity contribution is 0.483. The van der Waals surface area contributed by atoms with Crippen molar-refractivity contribution in [2.75, 3.05) is 18.0 Å². The maximum atomic E-state index is 11.3. The number of nitrogens with zero attached hydrogens (tertiary/aromatic N) is 2. The minimum Gasteiger partial charge on any atom is -0.436 e. The van der Waals surface area contributed by atoms with Gasteiger partial charge in [-0.05, 0) is 49.6 Å². The van der Waals surface area contributed by atoms with Crippen molar-refractivity contribution in [1.82, 2.24) is 4.98 Å². The highest BCUT2D eigenvalue weighted by molar-refractivity contribution is 7.85. The molecule has 1 aliphatic heterocycles. The van der Waals surface area contributed by atoms with Gasteiger partial charge in [-0.2, -0.15) is 8.42 Å². The summed E-state index contributed by atoms with van der Waals surface area (Å²) in [5, 5.41) is 0. The maximum Gasteiger partial charge on any atom is 0.294 e. The number of piperidine rings is 1. The van der Waals surface area contributed by atoms with Crippen molar-refractivity contribution in [3.05, 3.63) is 42.5 Å². The number of benzene rings is 2. The average molecular weight is 358 g/mol. The molecule has 130 valence electrons. The molecule has 0 spiro atoms. The third kappa shape index (κ3) is 3.12. The Hall–Kier alpha value is -2.38. The minimum atomic E-state index is -4.26. The van der Waals surface area contributed by atoms with E-state index in [1.165, 1.54) is 37.5 Å². The van der Waals surface area contributed by atoms with Crippen LogP contribution in [0.1, 0.15) is 19.3 Å². The van der Waals surface area contributed by atoms with E-state index in [9.17, 15) is 13.0 Å². The lowest BCUT2D eigenvalue weighted by atomic mass is 10.1. The monoisotopic (exact) mass is 358 g/mol. The van der Waals surface area contributed by atoms with E-state index in [1.807, 2.05) is 18.2 Å². The van der Waals surface area contributed by atoms with Crippen molar-refractivity contribution in [3.8, 4) is 11.5 Å². The van der Waals surface area contributed by atoms with E-state index >= 15 is 0 Å². The van der Waals surface area contributed by atoms with Crippen LogP contribution in [0.4, 0.5) is 5.69 Å². The van der Waals surface area contributed by atoms with E-state index in [-0.39, 0.29) is 4.90 Å². The van der Waals surface area contributed by atoms with Gasteiger partial charge in [-0.25, -0.2) is 4.98 Å². The van der Waals surface area contributed by atoms with Crippen LogP contribution >= 0.6 is 0 Å². The van der Waals surface area contributed by atoms with Crippen LogP contribution in [-0.4, -0.2) is 31.0 Å². The molecule has 0 radical (unpaired) electrons. The predicted molar refractivity (Wildman–Crippen MR) is 95.3 cm³/mol. The van der Waals surface area contributed by atoms with E-state index in [1.54, 1.807) is 0 Å². The van der Waals surface area contributed by atoms with Gasteiger partial charge in [-0.3, -0.25) is 4.55 Å². The van der Waals surface area contributed by atoms with E-state index < -0.39 is 10.1 Å². The third-order valence-corrected chi connectivity index (χ3v) is 5.34. The summed E-state index contributed by atoms with van der Waals surface area (Å²) in [6.07, 6.45) is 3.58. The van der Waals surface area contributed by atoms with Crippen molar-refractivity contribution < 1.29 is 17.4 Å². The van der Waals surface area contributed by atoms with Crippen LogP contribution in [0.15, 0.2) is 51.8 Å². The number of oxazole rings is 1. The van der Waals surface area contributed by atoms with Crippen LogP contribution in [0.5, 0.6) is 0 Å². The van der Waals surface area contributed by atoms with Crippen molar-refractivity contribution in [2.45, 2.75) is 24.2 Å². The molecule has 0 saturated carbocycles. The standard InChI is InChI=1S/C18H18N2O4S/c21-25(22,23)13-8-9-17-15(12-13)19-18(24-17)14-6-2-3-7-16(14)20-10-4-1-5-11-20/h2-3,6-9,12H,1,4-5,10-11H2,(H,21,22,23). The van der Waals surface area contributed by atoms with Gasteiger partial charge in [-0.15, -0.1) is 0 Å².